The normalized spacial score (nSPS) is 12.6. The maximum Gasteiger partial charge on any atom is 0.160 e. The van der Waals surface area contributed by atoms with E-state index >= 15 is 0 Å². The highest BCUT2D eigenvalue weighted by molar-refractivity contribution is 5.82. The molecule has 2 aromatic heterocycles. The van der Waals surface area contributed by atoms with Gasteiger partial charge in [0.25, 0.3) is 0 Å². The number of hydrogen-bond donors (Lipinski definition) is 2. The number of aliphatic hydroxyl groups is 1. The zero-order valence-electron chi connectivity index (χ0n) is 26.8. The van der Waals surface area contributed by atoms with Crippen molar-refractivity contribution < 1.29 is 5.11 Å². The van der Waals surface area contributed by atoms with E-state index < -0.39 is 6.23 Å². The van der Waals surface area contributed by atoms with Crippen LogP contribution in [0.25, 0.3) is 11.4 Å². The smallest absolute Gasteiger partial charge is 0.160 e. The summed E-state index contributed by atoms with van der Waals surface area (Å²) in [5.74, 6) is 1.07. The van der Waals surface area contributed by atoms with E-state index in [0.29, 0.717) is 5.82 Å². The van der Waals surface area contributed by atoms with Gasteiger partial charge < -0.3 is 10.4 Å². The largest absolute Gasteiger partial charge is 0.369 e. The van der Waals surface area contributed by atoms with E-state index in [1.165, 1.54) is 0 Å². The number of aliphatic hydroxyl groups excluding tert-OH is 1. The summed E-state index contributed by atoms with van der Waals surface area (Å²) in [6, 6.07) is 50.2. The minimum atomic E-state index is -0.983. The Morgan fingerprint density at radius 1 is 0.583 bits per heavy atom. The third-order valence-electron chi connectivity index (χ3n) is 8.42. The highest BCUT2D eigenvalue weighted by Gasteiger charge is 2.33. The first kappa shape index (κ1) is 30.6. The van der Waals surface area contributed by atoms with Crippen molar-refractivity contribution in [1.29, 1.82) is 0 Å². The van der Waals surface area contributed by atoms with Crippen LogP contribution in [0.2, 0.25) is 0 Å². The lowest BCUT2D eigenvalue weighted by Gasteiger charge is -2.23. The van der Waals surface area contributed by atoms with Crippen molar-refractivity contribution in [2.45, 2.75) is 26.0 Å². The third-order valence-corrected chi connectivity index (χ3v) is 8.42. The van der Waals surface area contributed by atoms with Gasteiger partial charge in [0.15, 0.2) is 12.0 Å². The number of hydrogen-bond acceptors (Lipinski definition) is 5. The first-order valence-corrected chi connectivity index (χ1v) is 16.0. The zero-order valence-corrected chi connectivity index (χ0v) is 26.8. The van der Waals surface area contributed by atoms with Crippen LogP contribution in [-0.2, 0) is 0 Å². The molecule has 0 amide bonds. The van der Waals surface area contributed by atoms with Crippen LogP contribution in [0.4, 0.5) is 11.6 Å². The Labute approximate surface area is 280 Å². The lowest BCUT2D eigenvalue weighted by molar-refractivity contribution is 0.207. The number of nitrogens with zero attached hydrogens (tertiary/aromatic N) is 5. The summed E-state index contributed by atoms with van der Waals surface area (Å²) in [4.78, 5) is 5.16. The van der Waals surface area contributed by atoms with E-state index in [1.807, 2.05) is 157 Å². The lowest BCUT2D eigenvalue weighted by atomic mass is 9.84. The fourth-order valence-corrected chi connectivity index (χ4v) is 6.16. The van der Waals surface area contributed by atoms with Gasteiger partial charge in [-0.2, -0.15) is 10.2 Å². The van der Waals surface area contributed by atoms with E-state index in [9.17, 15) is 5.11 Å². The number of benzene rings is 5. The van der Waals surface area contributed by atoms with E-state index in [4.69, 9.17) is 15.2 Å². The van der Waals surface area contributed by atoms with E-state index in [-0.39, 0.29) is 5.92 Å². The summed E-state index contributed by atoms with van der Waals surface area (Å²) in [5, 5.41) is 25.2. The second kappa shape index (κ2) is 13.7. The minimum Gasteiger partial charge on any atom is -0.369 e. The maximum absolute atomic E-state index is 11.6. The SMILES string of the molecule is Cc1nn(-c2ccccc2)c(/N=C/c2ccccc2)c1C(c1ccccc1)c1c(C)nn(-c2ccccc2)c1NC(O)c1ccccc1. The molecule has 7 aromatic rings. The molecular formula is C41H36N6O. The van der Waals surface area contributed by atoms with Gasteiger partial charge in [0.05, 0.1) is 22.8 Å². The summed E-state index contributed by atoms with van der Waals surface area (Å²) in [6.07, 6.45) is 0.906. The fraction of sp³-hybridized carbons (Fsp3) is 0.0976. The molecule has 0 aliphatic carbocycles. The fourth-order valence-electron chi connectivity index (χ4n) is 6.16. The van der Waals surface area contributed by atoms with Gasteiger partial charge in [0, 0.05) is 28.8 Å². The number of anilines is 1. The summed E-state index contributed by atoms with van der Waals surface area (Å²) < 4.78 is 3.81. The molecule has 0 saturated carbocycles. The molecule has 2 unspecified atom stereocenters. The summed E-state index contributed by atoms with van der Waals surface area (Å²) in [5.41, 5.74) is 8.11. The van der Waals surface area contributed by atoms with Crippen molar-refractivity contribution in [3.8, 4) is 11.4 Å². The zero-order chi connectivity index (χ0) is 32.9. The van der Waals surface area contributed by atoms with E-state index in [1.54, 1.807) is 0 Å². The average Bonchev–Trinajstić information content (AvgIpc) is 3.65. The first-order chi connectivity index (χ1) is 23.6. The van der Waals surface area contributed by atoms with Crippen LogP contribution in [0.3, 0.4) is 0 Å². The molecular weight excluding hydrogens is 592 g/mol. The molecule has 236 valence electrons. The monoisotopic (exact) mass is 628 g/mol. The molecule has 2 atom stereocenters. The Balaban J connectivity index is 1.49. The predicted octanol–water partition coefficient (Wildman–Crippen LogP) is 8.71. The molecule has 0 radical (unpaired) electrons. The number of nitrogens with one attached hydrogen (secondary N) is 1. The van der Waals surface area contributed by atoms with Crippen molar-refractivity contribution in [3.05, 3.63) is 191 Å². The van der Waals surface area contributed by atoms with Crippen LogP contribution in [-0.4, -0.2) is 30.9 Å². The van der Waals surface area contributed by atoms with E-state index in [0.717, 1.165) is 56.4 Å². The Hall–Kier alpha value is -6.05. The molecule has 7 nitrogen and oxygen atoms in total. The maximum atomic E-state index is 11.6. The number of aryl methyl sites for hydroxylation is 2. The van der Waals surface area contributed by atoms with Crippen molar-refractivity contribution in [3.63, 3.8) is 0 Å². The molecule has 7 heteroatoms. The van der Waals surface area contributed by atoms with Gasteiger partial charge in [-0.3, -0.25) is 0 Å². The molecule has 48 heavy (non-hydrogen) atoms. The highest BCUT2D eigenvalue weighted by Crippen LogP contribution is 2.45. The van der Waals surface area contributed by atoms with E-state index in [2.05, 4.69) is 29.6 Å². The van der Waals surface area contributed by atoms with Gasteiger partial charge in [-0.25, -0.2) is 14.4 Å². The van der Waals surface area contributed by atoms with Gasteiger partial charge in [-0.05, 0) is 49.2 Å². The molecule has 7 rings (SSSR count). The number of aliphatic imine (C=N–C) groups is 1. The second-order valence-corrected chi connectivity index (χ2v) is 11.6. The van der Waals surface area contributed by atoms with Crippen LogP contribution >= 0.6 is 0 Å². The van der Waals surface area contributed by atoms with Crippen molar-refractivity contribution in [2.24, 2.45) is 4.99 Å². The third kappa shape index (κ3) is 6.19. The van der Waals surface area contributed by atoms with Gasteiger partial charge in [-0.15, -0.1) is 0 Å². The molecule has 2 heterocycles. The minimum absolute atomic E-state index is 0.338. The van der Waals surface area contributed by atoms with Crippen LogP contribution in [0.5, 0.6) is 0 Å². The van der Waals surface area contributed by atoms with Gasteiger partial charge in [0.2, 0.25) is 0 Å². The van der Waals surface area contributed by atoms with Gasteiger partial charge >= 0.3 is 0 Å². The molecule has 0 aliphatic rings. The van der Waals surface area contributed by atoms with Crippen molar-refractivity contribution in [1.82, 2.24) is 19.6 Å². The number of rotatable bonds is 10. The summed E-state index contributed by atoms with van der Waals surface area (Å²) >= 11 is 0. The Morgan fingerprint density at radius 3 is 1.62 bits per heavy atom. The molecule has 0 bridgehead atoms. The lowest BCUT2D eigenvalue weighted by Crippen LogP contribution is -2.16. The van der Waals surface area contributed by atoms with Crippen LogP contribution in [0, 0.1) is 13.8 Å². The second-order valence-electron chi connectivity index (χ2n) is 11.6. The molecule has 5 aromatic carbocycles. The van der Waals surface area contributed by atoms with Crippen LogP contribution < -0.4 is 5.32 Å². The average molecular weight is 629 g/mol. The van der Waals surface area contributed by atoms with Crippen molar-refractivity contribution >= 4 is 17.9 Å². The van der Waals surface area contributed by atoms with Gasteiger partial charge in [0.1, 0.15) is 5.82 Å². The first-order valence-electron chi connectivity index (χ1n) is 16.0. The summed E-state index contributed by atoms with van der Waals surface area (Å²) in [7, 11) is 0. The quantitative estimate of drug-likeness (QED) is 0.117. The topological polar surface area (TPSA) is 80.3 Å². The van der Waals surface area contributed by atoms with Crippen LogP contribution in [0.15, 0.2) is 157 Å². The number of para-hydroxylation sites is 2. The molecule has 0 aliphatic heterocycles. The number of aromatic nitrogens is 4. The Kier molecular flexibility index (Phi) is 8.76. The Morgan fingerprint density at radius 2 is 1.04 bits per heavy atom. The molecule has 0 spiro atoms. The predicted molar refractivity (Wildman–Crippen MR) is 193 cm³/mol. The standard InChI is InChI=1S/C41H36N6O/c1-29-36(39(42-28-31-18-8-3-9-19-31)46(44-29)34-24-14-6-15-25-34)38(32-20-10-4-11-21-32)37-30(2)45-47(35-26-16-7-17-27-35)40(37)43-41(48)33-22-12-5-13-23-33/h3-28,38,41,43,48H,1-2H3/b42-28+. The van der Waals surface area contributed by atoms with Crippen LogP contribution in [0.1, 0.15) is 51.4 Å². The van der Waals surface area contributed by atoms with Gasteiger partial charge in [-0.1, -0.05) is 127 Å². The molecule has 0 saturated heterocycles. The summed E-state index contributed by atoms with van der Waals surface area (Å²) in [6.45, 7) is 4.06. The Bertz CT molecular complexity index is 2120. The highest BCUT2D eigenvalue weighted by atomic mass is 16.3. The molecule has 0 fully saturated rings. The van der Waals surface area contributed by atoms with Crippen molar-refractivity contribution in [2.75, 3.05) is 5.32 Å². The molecule has 2 N–H and O–H groups in total.